The van der Waals surface area contributed by atoms with Crippen molar-refractivity contribution in [3.63, 3.8) is 0 Å². The fourth-order valence-electron chi connectivity index (χ4n) is 2.87. The Labute approximate surface area is 102 Å². The van der Waals surface area contributed by atoms with E-state index >= 15 is 0 Å². The molecule has 0 spiro atoms. The summed E-state index contributed by atoms with van der Waals surface area (Å²) in [5.41, 5.74) is 0.380. The Hall–Kier alpha value is -0.260. The van der Waals surface area contributed by atoms with Gasteiger partial charge in [0.15, 0.2) is 0 Å². The van der Waals surface area contributed by atoms with E-state index < -0.39 is 6.43 Å². The third kappa shape index (κ3) is 3.86. The van der Waals surface area contributed by atoms with Gasteiger partial charge in [-0.25, -0.2) is 8.78 Å². The van der Waals surface area contributed by atoms with Crippen molar-refractivity contribution in [2.24, 2.45) is 5.41 Å². The smallest absolute Gasteiger partial charge is 0.251 e. The van der Waals surface area contributed by atoms with Gasteiger partial charge in [0, 0.05) is 39.3 Å². The lowest BCUT2D eigenvalue weighted by Gasteiger charge is -2.38. The molecule has 1 N–H and O–H groups in total. The van der Waals surface area contributed by atoms with E-state index in [1.807, 2.05) is 4.90 Å². The highest BCUT2D eigenvalue weighted by atomic mass is 19.3. The summed E-state index contributed by atoms with van der Waals surface area (Å²) in [6.45, 7) is 8.99. The summed E-state index contributed by atoms with van der Waals surface area (Å²) in [7, 11) is 0. The molecule has 0 bridgehead atoms. The van der Waals surface area contributed by atoms with Crippen molar-refractivity contribution in [2.75, 3.05) is 52.4 Å². The zero-order chi connectivity index (χ0) is 12.3. The van der Waals surface area contributed by atoms with E-state index in [2.05, 4.69) is 17.1 Å². The summed E-state index contributed by atoms with van der Waals surface area (Å²) < 4.78 is 24.5. The third-order valence-electron chi connectivity index (χ3n) is 3.92. The van der Waals surface area contributed by atoms with Crippen LogP contribution in [-0.2, 0) is 0 Å². The zero-order valence-electron chi connectivity index (χ0n) is 10.6. The molecule has 1 atom stereocenters. The van der Waals surface area contributed by atoms with E-state index in [4.69, 9.17) is 0 Å². The third-order valence-corrected chi connectivity index (χ3v) is 3.92. The van der Waals surface area contributed by atoms with E-state index in [1.54, 1.807) is 0 Å². The molecule has 0 aromatic heterocycles. The number of nitrogens with one attached hydrogen (secondary N) is 1. The molecular formula is C12H23F2N3. The SMILES string of the molecule is CC1(CN2CCN(CC(F)F)CC2)CCNC1. The van der Waals surface area contributed by atoms with Gasteiger partial charge >= 0.3 is 0 Å². The minimum absolute atomic E-state index is 0.0628. The van der Waals surface area contributed by atoms with Crippen LogP contribution in [0.25, 0.3) is 0 Å². The van der Waals surface area contributed by atoms with Gasteiger partial charge in [-0.15, -0.1) is 0 Å². The molecule has 0 aromatic rings. The number of nitrogens with zero attached hydrogens (tertiary/aromatic N) is 2. The van der Waals surface area contributed by atoms with Crippen LogP contribution < -0.4 is 5.32 Å². The molecule has 0 aliphatic carbocycles. The number of alkyl halides is 2. The average Bonchev–Trinajstić information content (AvgIpc) is 2.67. The first-order chi connectivity index (χ1) is 8.07. The molecule has 2 aliphatic heterocycles. The molecule has 5 heteroatoms. The molecule has 2 saturated heterocycles. The lowest BCUT2D eigenvalue weighted by Crippen LogP contribution is -2.50. The minimum atomic E-state index is -2.20. The molecule has 0 amide bonds. The molecule has 3 nitrogen and oxygen atoms in total. The van der Waals surface area contributed by atoms with Gasteiger partial charge in [0.25, 0.3) is 6.43 Å². The topological polar surface area (TPSA) is 18.5 Å². The van der Waals surface area contributed by atoms with Crippen LogP contribution in [0.5, 0.6) is 0 Å². The Balaban J connectivity index is 1.71. The standard InChI is InChI=1S/C12H23F2N3/c1-12(2-3-15-9-12)10-17-6-4-16(5-7-17)8-11(13)14/h11,15H,2-10H2,1H3. The molecular weight excluding hydrogens is 224 g/mol. The summed E-state index contributed by atoms with van der Waals surface area (Å²) in [5, 5.41) is 3.40. The van der Waals surface area contributed by atoms with Crippen molar-refractivity contribution in [2.45, 2.75) is 19.8 Å². The van der Waals surface area contributed by atoms with Crippen molar-refractivity contribution in [1.82, 2.24) is 15.1 Å². The second-order valence-electron chi connectivity index (χ2n) is 5.71. The Kier molecular flexibility index (Phi) is 4.33. The van der Waals surface area contributed by atoms with Gasteiger partial charge in [-0.1, -0.05) is 6.92 Å². The first kappa shape index (κ1) is 13.2. The summed E-state index contributed by atoms with van der Waals surface area (Å²) >= 11 is 0. The van der Waals surface area contributed by atoms with Crippen LogP contribution in [0.3, 0.4) is 0 Å². The molecule has 0 aromatic carbocycles. The summed E-state index contributed by atoms with van der Waals surface area (Å²) in [5.74, 6) is 0. The lowest BCUT2D eigenvalue weighted by atomic mass is 9.89. The van der Waals surface area contributed by atoms with Crippen LogP contribution in [0.2, 0.25) is 0 Å². The van der Waals surface area contributed by atoms with Gasteiger partial charge in [0.1, 0.15) is 0 Å². The molecule has 0 saturated carbocycles. The predicted molar refractivity (Wildman–Crippen MR) is 64.5 cm³/mol. The highest BCUT2D eigenvalue weighted by molar-refractivity contribution is 4.88. The van der Waals surface area contributed by atoms with Crippen LogP contribution in [-0.4, -0.2) is 68.6 Å². The van der Waals surface area contributed by atoms with E-state index in [1.165, 1.54) is 6.42 Å². The maximum absolute atomic E-state index is 12.2. The van der Waals surface area contributed by atoms with Crippen LogP contribution >= 0.6 is 0 Å². The maximum atomic E-state index is 12.2. The van der Waals surface area contributed by atoms with E-state index in [-0.39, 0.29) is 6.54 Å². The molecule has 2 aliphatic rings. The Morgan fingerprint density at radius 1 is 1.18 bits per heavy atom. The fourth-order valence-corrected chi connectivity index (χ4v) is 2.87. The second-order valence-corrected chi connectivity index (χ2v) is 5.71. The Bertz CT molecular complexity index is 234. The van der Waals surface area contributed by atoms with Crippen LogP contribution in [0.15, 0.2) is 0 Å². The Morgan fingerprint density at radius 2 is 1.82 bits per heavy atom. The van der Waals surface area contributed by atoms with Crippen molar-refractivity contribution >= 4 is 0 Å². The predicted octanol–water partition coefficient (Wildman–Crippen LogP) is 0.869. The van der Waals surface area contributed by atoms with Crippen LogP contribution in [0.1, 0.15) is 13.3 Å². The van der Waals surface area contributed by atoms with Gasteiger partial charge < -0.3 is 10.2 Å². The number of piperazine rings is 1. The summed E-state index contributed by atoms with van der Waals surface area (Å²) in [6.07, 6.45) is -0.970. The molecule has 2 fully saturated rings. The monoisotopic (exact) mass is 247 g/mol. The highest BCUT2D eigenvalue weighted by Crippen LogP contribution is 2.26. The fraction of sp³-hybridized carbons (Fsp3) is 1.00. The second kappa shape index (κ2) is 5.59. The minimum Gasteiger partial charge on any atom is -0.316 e. The number of hydrogen-bond donors (Lipinski definition) is 1. The van der Waals surface area contributed by atoms with Crippen molar-refractivity contribution in [1.29, 1.82) is 0 Å². The van der Waals surface area contributed by atoms with Crippen LogP contribution in [0.4, 0.5) is 8.78 Å². The number of hydrogen-bond acceptors (Lipinski definition) is 3. The Morgan fingerprint density at radius 3 is 2.35 bits per heavy atom. The van der Waals surface area contributed by atoms with E-state index in [0.717, 1.165) is 45.8 Å². The first-order valence-corrected chi connectivity index (χ1v) is 6.51. The number of halogens is 2. The van der Waals surface area contributed by atoms with E-state index in [9.17, 15) is 8.78 Å². The molecule has 1 unspecified atom stereocenters. The summed E-state index contributed by atoms with van der Waals surface area (Å²) in [6, 6.07) is 0. The van der Waals surface area contributed by atoms with Crippen LogP contribution in [0, 0.1) is 5.41 Å². The van der Waals surface area contributed by atoms with Gasteiger partial charge in [-0.3, -0.25) is 4.90 Å². The van der Waals surface area contributed by atoms with Gasteiger partial charge in [0.05, 0.1) is 6.54 Å². The maximum Gasteiger partial charge on any atom is 0.251 e. The average molecular weight is 247 g/mol. The number of rotatable bonds is 4. The molecule has 17 heavy (non-hydrogen) atoms. The van der Waals surface area contributed by atoms with Crippen molar-refractivity contribution in [3.05, 3.63) is 0 Å². The normalized spacial score (nSPS) is 32.5. The quantitative estimate of drug-likeness (QED) is 0.795. The van der Waals surface area contributed by atoms with Crippen molar-refractivity contribution in [3.8, 4) is 0 Å². The van der Waals surface area contributed by atoms with Gasteiger partial charge in [-0.2, -0.15) is 0 Å². The summed E-state index contributed by atoms with van der Waals surface area (Å²) in [4.78, 5) is 4.30. The molecule has 0 radical (unpaired) electrons. The van der Waals surface area contributed by atoms with Crippen molar-refractivity contribution < 1.29 is 8.78 Å². The molecule has 2 rings (SSSR count). The first-order valence-electron chi connectivity index (χ1n) is 6.51. The van der Waals surface area contributed by atoms with Gasteiger partial charge in [-0.05, 0) is 18.4 Å². The van der Waals surface area contributed by atoms with E-state index in [0.29, 0.717) is 5.41 Å². The highest BCUT2D eigenvalue weighted by Gasteiger charge is 2.31. The van der Waals surface area contributed by atoms with Gasteiger partial charge in [0.2, 0.25) is 0 Å². The molecule has 100 valence electrons. The largest absolute Gasteiger partial charge is 0.316 e. The lowest BCUT2D eigenvalue weighted by molar-refractivity contribution is 0.0456. The molecule has 2 heterocycles. The zero-order valence-corrected chi connectivity index (χ0v) is 10.6.